The number of aromatic nitrogens is 4. The lowest BCUT2D eigenvalue weighted by Gasteiger charge is -2.35. The van der Waals surface area contributed by atoms with Gasteiger partial charge in [0.2, 0.25) is 5.91 Å². The van der Waals surface area contributed by atoms with E-state index in [4.69, 9.17) is 9.97 Å². The van der Waals surface area contributed by atoms with Gasteiger partial charge in [-0.1, -0.05) is 32.6 Å². The number of hydrogen-bond acceptors (Lipinski definition) is 7. The molecule has 9 nitrogen and oxygen atoms in total. The molecule has 1 N–H and O–H groups in total. The van der Waals surface area contributed by atoms with Crippen molar-refractivity contribution in [3.63, 3.8) is 0 Å². The molecule has 2 aliphatic heterocycles. The van der Waals surface area contributed by atoms with Gasteiger partial charge < -0.3 is 15.1 Å². The first-order valence-electron chi connectivity index (χ1n) is 15.3. The van der Waals surface area contributed by atoms with Crippen LogP contribution < -0.4 is 15.9 Å². The van der Waals surface area contributed by atoms with Gasteiger partial charge in [0.05, 0.1) is 28.9 Å². The first kappa shape index (κ1) is 28.8. The maximum Gasteiger partial charge on any atom is 0.355 e. The lowest BCUT2D eigenvalue weighted by Crippen LogP contribution is -2.49. The van der Waals surface area contributed by atoms with Crippen molar-refractivity contribution in [2.45, 2.75) is 51.1 Å². The minimum atomic E-state index is -0.739. The normalized spacial score (nSPS) is 19.8. The number of aryl methyl sites for hydroxylation is 1. The Morgan fingerprint density at radius 1 is 1.09 bits per heavy atom. The van der Waals surface area contributed by atoms with Crippen LogP contribution in [0.4, 0.5) is 20.3 Å². The van der Waals surface area contributed by atoms with Crippen LogP contribution in [0.15, 0.2) is 66.1 Å². The third-order valence-electron chi connectivity index (χ3n) is 8.79. The molecule has 4 aromatic rings. The summed E-state index contributed by atoms with van der Waals surface area (Å²) in [5.41, 5.74) is 2.04. The summed E-state index contributed by atoms with van der Waals surface area (Å²) in [5, 5.41) is 3.55. The molecule has 1 saturated heterocycles. The molecule has 2 fully saturated rings. The Bertz CT molecular complexity index is 1950. The van der Waals surface area contributed by atoms with E-state index < -0.39 is 17.3 Å². The molecule has 230 valence electrons. The number of piperazine rings is 1. The fraction of sp³-hybridized carbons (Fsp3) is 0.324. The number of amides is 1. The third-order valence-corrected chi connectivity index (χ3v) is 8.79. The fourth-order valence-electron chi connectivity index (χ4n) is 6.48. The Balaban J connectivity index is 1.50. The highest BCUT2D eigenvalue weighted by molar-refractivity contribution is 5.92. The van der Waals surface area contributed by atoms with Crippen molar-refractivity contribution in [1.29, 1.82) is 0 Å². The van der Waals surface area contributed by atoms with Gasteiger partial charge in [-0.3, -0.25) is 9.78 Å². The Hall–Kier alpha value is -4.93. The van der Waals surface area contributed by atoms with Crippen LogP contribution in [-0.4, -0.2) is 62.0 Å². The number of rotatable bonds is 3. The Labute approximate surface area is 258 Å². The highest BCUT2D eigenvalue weighted by Crippen LogP contribution is 2.41. The summed E-state index contributed by atoms with van der Waals surface area (Å²) in [4.78, 5) is 44.3. The molecule has 6 bridgehead atoms. The second-order valence-corrected chi connectivity index (χ2v) is 12.0. The second kappa shape index (κ2) is 11.2. The molecular formula is C34H33F2N7O2. The molecular weight excluding hydrogens is 576 g/mol. The highest BCUT2D eigenvalue weighted by atomic mass is 19.1. The molecule has 1 aromatic carbocycles. The Morgan fingerprint density at radius 3 is 2.73 bits per heavy atom. The van der Waals surface area contributed by atoms with Crippen molar-refractivity contribution in [3.8, 4) is 16.9 Å². The molecule has 2 unspecified atom stereocenters. The zero-order valence-electron chi connectivity index (χ0n) is 25.1. The van der Waals surface area contributed by atoms with E-state index in [0.29, 0.717) is 60.7 Å². The molecule has 5 heterocycles. The van der Waals surface area contributed by atoms with E-state index in [0.717, 1.165) is 12.0 Å². The Morgan fingerprint density at radius 2 is 1.93 bits per heavy atom. The molecule has 3 aromatic heterocycles. The van der Waals surface area contributed by atoms with Gasteiger partial charge in [0.25, 0.3) is 0 Å². The lowest BCUT2D eigenvalue weighted by molar-refractivity contribution is -0.126. The van der Waals surface area contributed by atoms with E-state index in [9.17, 15) is 9.59 Å². The van der Waals surface area contributed by atoms with Gasteiger partial charge in [-0.15, -0.1) is 0 Å². The van der Waals surface area contributed by atoms with Crippen LogP contribution in [-0.2, 0) is 11.2 Å². The largest absolute Gasteiger partial charge is 0.382 e. The van der Waals surface area contributed by atoms with Crippen molar-refractivity contribution in [2.24, 2.45) is 0 Å². The molecule has 1 aliphatic carbocycles. The summed E-state index contributed by atoms with van der Waals surface area (Å²) in [6, 6.07) is 7.50. The van der Waals surface area contributed by atoms with E-state index in [1.807, 2.05) is 37.1 Å². The van der Waals surface area contributed by atoms with Crippen molar-refractivity contribution >= 4 is 28.4 Å². The van der Waals surface area contributed by atoms with Gasteiger partial charge in [0.15, 0.2) is 5.65 Å². The molecule has 3 aliphatic rings. The standard InChI is InChI=1S/C34H33F2N7O2/c1-4-29(44)41-12-13-42(27-17-26(27)41)32-23-16-25(36)31-22-15-21(9-10-24(22)35)37-11-7-5-6-8-20-14-28(30(19(2)3)38-18-20)43(33(23)39-31)34(45)40-32/h4-5,7,9-10,14-16,18-19,26-27,37H,1,6,8,11-13,17H2,2-3H3/b7-5-. The van der Waals surface area contributed by atoms with Crippen molar-refractivity contribution in [3.05, 3.63) is 94.7 Å². The maximum absolute atomic E-state index is 16.1. The van der Waals surface area contributed by atoms with Gasteiger partial charge >= 0.3 is 5.69 Å². The van der Waals surface area contributed by atoms with Gasteiger partial charge in [0, 0.05) is 37.1 Å². The number of nitrogens with one attached hydrogen (secondary N) is 1. The highest BCUT2D eigenvalue weighted by Gasteiger charge is 2.51. The summed E-state index contributed by atoms with van der Waals surface area (Å²) < 4.78 is 32.9. The molecule has 11 heteroatoms. The average Bonchev–Trinajstić information content (AvgIpc) is 3.83. The number of benzene rings is 1. The molecule has 0 radical (unpaired) electrons. The molecule has 45 heavy (non-hydrogen) atoms. The first-order valence-corrected chi connectivity index (χ1v) is 15.3. The van der Waals surface area contributed by atoms with Crippen molar-refractivity contribution in [1.82, 2.24) is 24.4 Å². The maximum atomic E-state index is 16.1. The minimum absolute atomic E-state index is 0.0254. The van der Waals surface area contributed by atoms with Gasteiger partial charge in [-0.2, -0.15) is 4.98 Å². The number of halogens is 2. The van der Waals surface area contributed by atoms with Crippen molar-refractivity contribution < 1.29 is 13.6 Å². The van der Waals surface area contributed by atoms with E-state index in [2.05, 4.69) is 23.0 Å². The summed E-state index contributed by atoms with van der Waals surface area (Å²) in [5.74, 6) is -1.27. The smallest absolute Gasteiger partial charge is 0.355 e. The molecule has 2 atom stereocenters. The van der Waals surface area contributed by atoms with Crippen molar-refractivity contribution in [2.75, 3.05) is 29.9 Å². The van der Waals surface area contributed by atoms with Crippen LogP contribution in [0.2, 0.25) is 0 Å². The molecule has 0 spiro atoms. The summed E-state index contributed by atoms with van der Waals surface area (Å²) >= 11 is 0. The monoisotopic (exact) mass is 609 g/mol. The lowest BCUT2D eigenvalue weighted by atomic mass is 10.0. The number of carbonyl (C=O) groups is 1. The van der Waals surface area contributed by atoms with Crippen LogP contribution in [0.5, 0.6) is 0 Å². The minimum Gasteiger partial charge on any atom is -0.382 e. The Kier molecular flexibility index (Phi) is 7.18. The molecule has 7 rings (SSSR count). The average molecular weight is 610 g/mol. The number of nitrogens with zero attached hydrogens (tertiary/aromatic N) is 6. The van der Waals surface area contributed by atoms with Gasteiger partial charge in [-0.25, -0.2) is 23.1 Å². The van der Waals surface area contributed by atoms with Crippen LogP contribution >= 0.6 is 0 Å². The van der Waals surface area contributed by atoms with Gasteiger partial charge in [-0.05, 0) is 67.2 Å². The van der Waals surface area contributed by atoms with Crippen LogP contribution in [0, 0.1) is 11.6 Å². The van der Waals surface area contributed by atoms with E-state index in [1.165, 1.54) is 28.8 Å². The number of anilines is 2. The number of allylic oxidation sites excluding steroid dienone is 1. The quantitative estimate of drug-likeness (QED) is 0.254. The van der Waals surface area contributed by atoms with Gasteiger partial charge in [0.1, 0.15) is 23.1 Å². The van der Waals surface area contributed by atoms with Crippen LogP contribution in [0.25, 0.3) is 28.0 Å². The summed E-state index contributed by atoms with van der Waals surface area (Å²) in [6.07, 6.45) is 9.30. The number of fused-ring (bicyclic) bond motifs is 8. The number of carbonyl (C=O) groups excluding carboxylic acids is 1. The number of pyridine rings is 2. The van der Waals surface area contributed by atoms with E-state index >= 15 is 8.78 Å². The van der Waals surface area contributed by atoms with Crippen LogP contribution in [0.3, 0.4) is 0 Å². The second-order valence-electron chi connectivity index (χ2n) is 12.0. The zero-order valence-corrected chi connectivity index (χ0v) is 25.1. The number of hydrogen-bond donors (Lipinski definition) is 1. The predicted octanol–water partition coefficient (Wildman–Crippen LogP) is 5.13. The topological polar surface area (TPSA) is 96.3 Å². The molecule has 1 saturated carbocycles. The first-order chi connectivity index (χ1) is 21.7. The van der Waals surface area contributed by atoms with Crippen LogP contribution in [0.1, 0.15) is 43.9 Å². The van der Waals surface area contributed by atoms with E-state index in [1.54, 1.807) is 11.0 Å². The molecule has 1 amide bonds. The predicted molar refractivity (Wildman–Crippen MR) is 170 cm³/mol. The SMILES string of the molecule is C=CC(=O)N1CCN(c2nc(=O)n3c4nc(c(F)cc24)-c2cc(ccc2F)NC/C=C\CCc2cnc(C(C)C)c-3c2)C2CC21. The summed E-state index contributed by atoms with van der Waals surface area (Å²) in [7, 11) is 0. The van der Waals surface area contributed by atoms with E-state index in [-0.39, 0.29) is 40.8 Å². The summed E-state index contributed by atoms with van der Waals surface area (Å²) in [6.45, 7) is 8.91. The third kappa shape index (κ3) is 5.05. The zero-order chi connectivity index (χ0) is 31.4. The fourth-order valence-corrected chi connectivity index (χ4v) is 6.48.